The maximum Gasteiger partial charge on any atom is 0.308 e. The second-order valence-corrected chi connectivity index (χ2v) is 6.46. The molecule has 0 atom stereocenters. The Morgan fingerprint density at radius 1 is 1.55 bits per heavy atom. The molecule has 1 aliphatic rings. The molecule has 0 radical (unpaired) electrons. The van der Waals surface area contributed by atoms with Crippen molar-refractivity contribution in [3.63, 3.8) is 0 Å². The number of aromatic nitrogens is 1. The number of piperidine rings is 1. The lowest BCUT2D eigenvalue weighted by molar-refractivity contribution is -0.146. The van der Waals surface area contributed by atoms with Crippen LogP contribution in [-0.2, 0) is 22.5 Å². The van der Waals surface area contributed by atoms with Crippen LogP contribution < -0.4 is 5.32 Å². The van der Waals surface area contributed by atoms with Crippen molar-refractivity contribution < 1.29 is 9.53 Å². The second-order valence-electron chi connectivity index (χ2n) is 5.26. The third-order valence-electron chi connectivity index (χ3n) is 3.89. The Labute approximate surface area is 135 Å². The largest absolute Gasteiger partial charge is 0.469 e. The summed E-state index contributed by atoms with van der Waals surface area (Å²) in [5, 5.41) is 4.43. The fourth-order valence-corrected chi connectivity index (χ4v) is 3.38. The van der Waals surface area contributed by atoms with Gasteiger partial charge in [-0.1, -0.05) is 6.92 Å². The molecule has 1 saturated heterocycles. The number of hydrogen-bond acceptors (Lipinski definition) is 5. The van der Waals surface area contributed by atoms with Crippen molar-refractivity contribution >= 4 is 23.3 Å². The predicted molar refractivity (Wildman–Crippen MR) is 88.0 cm³/mol. The number of thiazole rings is 1. The minimum atomic E-state index is -0.0996. The van der Waals surface area contributed by atoms with Crippen molar-refractivity contribution in [2.24, 2.45) is 10.9 Å². The predicted octanol–water partition coefficient (Wildman–Crippen LogP) is 1.67. The Morgan fingerprint density at radius 2 is 2.27 bits per heavy atom. The van der Waals surface area contributed by atoms with Crippen molar-refractivity contribution in [3.8, 4) is 0 Å². The second kappa shape index (κ2) is 8.12. The van der Waals surface area contributed by atoms with E-state index in [1.165, 1.54) is 12.0 Å². The molecule has 122 valence electrons. The topological polar surface area (TPSA) is 66.8 Å². The van der Waals surface area contributed by atoms with Gasteiger partial charge in [0.25, 0.3) is 0 Å². The zero-order valence-corrected chi connectivity index (χ0v) is 14.3. The highest BCUT2D eigenvalue weighted by molar-refractivity contribution is 7.11. The molecule has 22 heavy (non-hydrogen) atoms. The maximum absolute atomic E-state index is 11.6. The van der Waals surface area contributed by atoms with Crippen LogP contribution in [0.2, 0.25) is 0 Å². The molecule has 7 heteroatoms. The SMILES string of the molecule is CCc1cnc(CNC(=NC)N2CCC(C(=O)OC)CC2)s1. The summed E-state index contributed by atoms with van der Waals surface area (Å²) in [6.45, 7) is 4.46. The summed E-state index contributed by atoms with van der Waals surface area (Å²) in [6, 6.07) is 0. The van der Waals surface area contributed by atoms with Crippen LogP contribution in [-0.4, -0.2) is 49.1 Å². The van der Waals surface area contributed by atoms with Gasteiger partial charge in [-0.25, -0.2) is 4.98 Å². The van der Waals surface area contributed by atoms with Crippen LogP contribution in [0.5, 0.6) is 0 Å². The highest BCUT2D eigenvalue weighted by Crippen LogP contribution is 2.19. The normalized spacial score (nSPS) is 16.7. The summed E-state index contributed by atoms with van der Waals surface area (Å²) in [7, 11) is 3.24. The van der Waals surface area contributed by atoms with Crippen molar-refractivity contribution in [2.75, 3.05) is 27.2 Å². The van der Waals surface area contributed by atoms with Crippen molar-refractivity contribution in [3.05, 3.63) is 16.1 Å². The first-order chi connectivity index (χ1) is 10.7. The van der Waals surface area contributed by atoms with E-state index < -0.39 is 0 Å². The third kappa shape index (κ3) is 4.19. The number of guanidine groups is 1. The van der Waals surface area contributed by atoms with Crippen LogP contribution >= 0.6 is 11.3 Å². The van der Waals surface area contributed by atoms with Crippen LogP contribution in [0.4, 0.5) is 0 Å². The molecule has 1 aromatic rings. The first kappa shape index (κ1) is 16.7. The smallest absolute Gasteiger partial charge is 0.308 e. The van der Waals surface area contributed by atoms with E-state index in [2.05, 4.69) is 27.1 Å². The van der Waals surface area contributed by atoms with Crippen LogP contribution in [0.1, 0.15) is 29.7 Å². The zero-order valence-electron chi connectivity index (χ0n) is 13.5. The average Bonchev–Trinajstić information content (AvgIpc) is 3.03. The highest BCUT2D eigenvalue weighted by Gasteiger charge is 2.26. The number of carbonyl (C=O) groups excluding carboxylic acids is 1. The van der Waals surface area contributed by atoms with Gasteiger partial charge in [0, 0.05) is 31.2 Å². The number of nitrogens with one attached hydrogen (secondary N) is 1. The molecule has 2 heterocycles. The van der Waals surface area contributed by atoms with E-state index in [-0.39, 0.29) is 11.9 Å². The van der Waals surface area contributed by atoms with E-state index in [9.17, 15) is 4.79 Å². The van der Waals surface area contributed by atoms with Gasteiger partial charge < -0.3 is 15.0 Å². The van der Waals surface area contributed by atoms with E-state index in [4.69, 9.17) is 4.74 Å². The lowest BCUT2D eigenvalue weighted by Gasteiger charge is -2.33. The van der Waals surface area contributed by atoms with E-state index in [1.54, 1.807) is 18.4 Å². The van der Waals surface area contributed by atoms with Gasteiger partial charge in [-0.2, -0.15) is 0 Å². The number of methoxy groups -OCH3 is 1. The Hall–Kier alpha value is -1.63. The van der Waals surface area contributed by atoms with Crippen LogP contribution in [0.15, 0.2) is 11.2 Å². The summed E-state index contributed by atoms with van der Waals surface area (Å²) >= 11 is 1.73. The van der Waals surface area contributed by atoms with Gasteiger partial charge in [0.2, 0.25) is 0 Å². The molecule has 1 N–H and O–H groups in total. The van der Waals surface area contributed by atoms with Gasteiger partial charge in [-0.05, 0) is 19.3 Å². The maximum atomic E-state index is 11.6. The molecule has 0 aliphatic carbocycles. The van der Waals surface area contributed by atoms with E-state index in [0.717, 1.165) is 43.3 Å². The molecule has 6 nitrogen and oxygen atoms in total. The summed E-state index contributed by atoms with van der Waals surface area (Å²) in [4.78, 5) is 23.8. The summed E-state index contributed by atoms with van der Waals surface area (Å²) in [5.74, 6) is 0.791. The molecule has 0 saturated carbocycles. The molecule has 0 unspecified atom stereocenters. The molecule has 1 aliphatic heterocycles. The first-order valence-electron chi connectivity index (χ1n) is 7.65. The first-order valence-corrected chi connectivity index (χ1v) is 8.46. The number of hydrogen-bond donors (Lipinski definition) is 1. The summed E-state index contributed by atoms with van der Waals surface area (Å²) < 4.78 is 4.82. The van der Waals surface area contributed by atoms with Crippen LogP contribution in [0, 0.1) is 5.92 Å². The Kier molecular flexibility index (Phi) is 6.18. The van der Waals surface area contributed by atoms with E-state index in [0.29, 0.717) is 6.54 Å². The van der Waals surface area contributed by atoms with Gasteiger partial charge in [-0.3, -0.25) is 9.79 Å². The Bertz CT molecular complexity index is 521. The van der Waals surface area contributed by atoms with E-state index in [1.807, 2.05) is 6.20 Å². The minimum absolute atomic E-state index is 0.0189. The van der Waals surface area contributed by atoms with Crippen molar-refractivity contribution in [2.45, 2.75) is 32.7 Å². The Balaban J connectivity index is 1.84. The average molecular weight is 324 g/mol. The number of aliphatic imine (C=N–C) groups is 1. The number of likely N-dealkylation sites (tertiary alicyclic amines) is 1. The standard InChI is InChI=1S/C15H24N4O2S/c1-4-12-9-17-13(22-12)10-18-15(16-2)19-7-5-11(6-8-19)14(20)21-3/h9,11H,4-8,10H2,1-3H3,(H,16,18). The number of nitrogens with zero attached hydrogens (tertiary/aromatic N) is 3. The molecular weight excluding hydrogens is 300 g/mol. The van der Waals surface area contributed by atoms with Crippen LogP contribution in [0.25, 0.3) is 0 Å². The third-order valence-corrected chi connectivity index (χ3v) is 5.03. The molecule has 2 rings (SSSR count). The fourth-order valence-electron chi connectivity index (χ4n) is 2.57. The lowest BCUT2D eigenvalue weighted by Crippen LogP contribution is -2.46. The summed E-state index contributed by atoms with van der Waals surface area (Å²) in [5.41, 5.74) is 0. The minimum Gasteiger partial charge on any atom is -0.469 e. The van der Waals surface area contributed by atoms with Crippen molar-refractivity contribution in [1.82, 2.24) is 15.2 Å². The van der Waals surface area contributed by atoms with Crippen LogP contribution in [0.3, 0.4) is 0 Å². The summed E-state index contributed by atoms with van der Waals surface area (Å²) in [6.07, 6.45) is 4.58. The van der Waals surface area contributed by atoms with Gasteiger partial charge in [-0.15, -0.1) is 11.3 Å². The van der Waals surface area contributed by atoms with Gasteiger partial charge in [0.15, 0.2) is 5.96 Å². The number of esters is 1. The molecule has 0 spiro atoms. The number of carbonyl (C=O) groups is 1. The number of aryl methyl sites for hydroxylation is 1. The Morgan fingerprint density at radius 3 is 2.82 bits per heavy atom. The fraction of sp³-hybridized carbons (Fsp3) is 0.667. The van der Waals surface area contributed by atoms with Gasteiger partial charge in [0.1, 0.15) is 5.01 Å². The number of rotatable bonds is 4. The molecule has 0 aromatic carbocycles. The highest BCUT2D eigenvalue weighted by atomic mass is 32.1. The molecule has 0 amide bonds. The zero-order chi connectivity index (χ0) is 15.9. The molecule has 1 aromatic heterocycles. The quantitative estimate of drug-likeness (QED) is 0.518. The molecule has 0 bridgehead atoms. The lowest BCUT2D eigenvalue weighted by atomic mass is 9.97. The number of ether oxygens (including phenoxy) is 1. The van der Waals surface area contributed by atoms with E-state index >= 15 is 0 Å². The monoisotopic (exact) mass is 324 g/mol. The molecular formula is C15H24N4O2S. The molecule has 1 fully saturated rings. The van der Waals surface area contributed by atoms with Crippen molar-refractivity contribution in [1.29, 1.82) is 0 Å². The van der Waals surface area contributed by atoms with Gasteiger partial charge >= 0.3 is 5.97 Å². The van der Waals surface area contributed by atoms with Gasteiger partial charge in [0.05, 0.1) is 19.6 Å².